The van der Waals surface area contributed by atoms with Crippen LogP contribution in [0.3, 0.4) is 0 Å². The van der Waals surface area contributed by atoms with Gasteiger partial charge in [0.25, 0.3) is 5.91 Å². The van der Waals surface area contributed by atoms with E-state index < -0.39 is 18.5 Å². The van der Waals surface area contributed by atoms with Gasteiger partial charge < -0.3 is 24.4 Å². The minimum Gasteiger partial charge on any atom is -0.467 e. The van der Waals surface area contributed by atoms with Gasteiger partial charge >= 0.3 is 5.97 Å². The second-order valence-electron chi connectivity index (χ2n) is 5.48. The molecule has 0 bridgehead atoms. The molecule has 0 aromatic carbocycles. The molecule has 0 spiro atoms. The lowest BCUT2D eigenvalue weighted by molar-refractivity contribution is -0.127. The van der Waals surface area contributed by atoms with E-state index in [1.165, 1.54) is 7.05 Å². The summed E-state index contributed by atoms with van der Waals surface area (Å²) in [6.45, 7) is 3.58. The molecule has 2 rings (SSSR count). The molecule has 0 atom stereocenters. The van der Waals surface area contributed by atoms with Crippen LogP contribution < -0.4 is 10.6 Å². The molecule has 0 radical (unpaired) electrons. The highest BCUT2D eigenvalue weighted by Crippen LogP contribution is 2.18. The van der Waals surface area contributed by atoms with Crippen molar-refractivity contribution < 1.29 is 23.5 Å². The molecule has 0 aliphatic heterocycles. The van der Waals surface area contributed by atoms with Gasteiger partial charge in [-0.15, -0.1) is 0 Å². The molecule has 134 valence electrons. The van der Waals surface area contributed by atoms with Crippen molar-refractivity contribution in [1.82, 2.24) is 15.2 Å². The van der Waals surface area contributed by atoms with Crippen molar-refractivity contribution in [3.05, 3.63) is 47.2 Å². The maximum Gasteiger partial charge on any atom is 0.340 e. The predicted molar refractivity (Wildman–Crippen MR) is 89.1 cm³/mol. The molecule has 2 aromatic heterocycles. The molecule has 2 heterocycles. The monoisotopic (exact) mass is 347 g/mol. The third kappa shape index (κ3) is 4.72. The van der Waals surface area contributed by atoms with Gasteiger partial charge in [0.05, 0.1) is 24.9 Å². The number of esters is 1. The highest BCUT2D eigenvalue weighted by Gasteiger charge is 2.18. The molecular formula is C17H21N3O5. The summed E-state index contributed by atoms with van der Waals surface area (Å²) in [5.74, 6) is -0.688. The first-order chi connectivity index (χ1) is 11.9. The van der Waals surface area contributed by atoms with Crippen molar-refractivity contribution in [3.8, 4) is 0 Å². The molecule has 0 saturated carbocycles. The lowest BCUT2D eigenvalue weighted by Gasteiger charge is -2.08. The van der Waals surface area contributed by atoms with Crippen molar-refractivity contribution in [1.29, 1.82) is 0 Å². The van der Waals surface area contributed by atoms with Crippen LogP contribution in [0.2, 0.25) is 0 Å². The highest BCUT2D eigenvalue weighted by molar-refractivity contribution is 5.93. The Morgan fingerprint density at radius 3 is 2.64 bits per heavy atom. The fourth-order valence-electron chi connectivity index (χ4n) is 2.34. The van der Waals surface area contributed by atoms with Gasteiger partial charge in [-0.05, 0) is 32.0 Å². The zero-order chi connectivity index (χ0) is 18.4. The largest absolute Gasteiger partial charge is 0.467 e. The third-order valence-corrected chi connectivity index (χ3v) is 3.75. The summed E-state index contributed by atoms with van der Waals surface area (Å²) in [6.07, 6.45) is 1.59. The standard InChI is InChI=1S/C17H21N3O5/c1-11-7-14(12(2)20(11)9-13-5-4-6-24-13)17(23)25-10-16(22)19-8-15(21)18-3/h4-7H,8-10H2,1-3H3,(H,18,21)(H,19,22). The van der Waals surface area contributed by atoms with E-state index in [1.807, 2.05) is 17.6 Å². The zero-order valence-electron chi connectivity index (χ0n) is 14.4. The first-order valence-corrected chi connectivity index (χ1v) is 7.76. The molecule has 0 aliphatic carbocycles. The summed E-state index contributed by atoms with van der Waals surface area (Å²) < 4.78 is 12.3. The molecule has 25 heavy (non-hydrogen) atoms. The fraction of sp³-hybridized carbons (Fsp3) is 0.353. The Hall–Kier alpha value is -3.03. The average molecular weight is 347 g/mol. The molecule has 0 unspecified atom stereocenters. The van der Waals surface area contributed by atoms with E-state index in [0.717, 1.165) is 17.1 Å². The number of ether oxygens (including phenoxy) is 1. The van der Waals surface area contributed by atoms with Gasteiger partial charge in [-0.1, -0.05) is 0 Å². The van der Waals surface area contributed by atoms with E-state index in [2.05, 4.69) is 10.6 Å². The summed E-state index contributed by atoms with van der Waals surface area (Å²) in [6, 6.07) is 5.37. The fourth-order valence-corrected chi connectivity index (χ4v) is 2.34. The Labute approximate surface area is 145 Å². The van der Waals surface area contributed by atoms with E-state index in [-0.39, 0.29) is 12.5 Å². The van der Waals surface area contributed by atoms with E-state index in [4.69, 9.17) is 9.15 Å². The molecule has 2 aromatic rings. The van der Waals surface area contributed by atoms with Gasteiger partial charge in [-0.2, -0.15) is 0 Å². The zero-order valence-corrected chi connectivity index (χ0v) is 14.4. The van der Waals surface area contributed by atoms with Crippen molar-refractivity contribution in [2.24, 2.45) is 0 Å². The maximum absolute atomic E-state index is 12.2. The lowest BCUT2D eigenvalue weighted by Crippen LogP contribution is -2.37. The Kier molecular flexibility index (Phi) is 5.99. The number of carbonyl (C=O) groups excluding carboxylic acids is 3. The molecule has 0 saturated heterocycles. The quantitative estimate of drug-likeness (QED) is 0.720. The van der Waals surface area contributed by atoms with E-state index in [1.54, 1.807) is 25.3 Å². The number of amides is 2. The van der Waals surface area contributed by atoms with Crippen LogP contribution in [-0.2, 0) is 20.9 Å². The minimum absolute atomic E-state index is 0.162. The van der Waals surface area contributed by atoms with E-state index >= 15 is 0 Å². The SMILES string of the molecule is CNC(=O)CNC(=O)COC(=O)c1cc(C)n(Cc2ccco2)c1C. The maximum atomic E-state index is 12.2. The second-order valence-corrected chi connectivity index (χ2v) is 5.48. The Morgan fingerprint density at radius 1 is 1.24 bits per heavy atom. The van der Waals surface area contributed by atoms with Crippen LogP contribution in [0.25, 0.3) is 0 Å². The number of aromatic nitrogens is 1. The van der Waals surface area contributed by atoms with Gasteiger partial charge in [-0.25, -0.2) is 4.79 Å². The summed E-state index contributed by atoms with van der Waals surface area (Å²) >= 11 is 0. The van der Waals surface area contributed by atoms with Crippen molar-refractivity contribution in [2.45, 2.75) is 20.4 Å². The number of likely N-dealkylation sites (N-methyl/N-ethyl adjacent to an activating group) is 1. The number of nitrogens with one attached hydrogen (secondary N) is 2. The summed E-state index contributed by atoms with van der Waals surface area (Å²) in [4.78, 5) is 34.8. The summed E-state index contributed by atoms with van der Waals surface area (Å²) in [5, 5.41) is 4.73. The highest BCUT2D eigenvalue weighted by atomic mass is 16.5. The summed E-state index contributed by atoms with van der Waals surface area (Å²) in [5.41, 5.74) is 2.00. The van der Waals surface area contributed by atoms with Crippen LogP contribution in [0, 0.1) is 13.8 Å². The molecule has 8 nitrogen and oxygen atoms in total. The third-order valence-electron chi connectivity index (χ3n) is 3.75. The van der Waals surface area contributed by atoms with E-state index in [0.29, 0.717) is 12.1 Å². The molecular weight excluding hydrogens is 326 g/mol. The first kappa shape index (κ1) is 18.3. The number of furan rings is 1. The van der Waals surface area contributed by atoms with Crippen molar-refractivity contribution in [2.75, 3.05) is 20.2 Å². The number of nitrogens with zero attached hydrogens (tertiary/aromatic N) is 1. The molecule has 0 aliphatic rings. The average Bonchev–Trinajstić information content (AvgIpc) is 3.21. The van der Waals surface area contributed by atoms with Gasteiger partial charge in [-0.3, -0.25) is 9.59 Å². The van der Waals surface area contributed by atoms with Gasteiger partial charge in [0.1, 0.15) is 5.76 Å². The van der Waals surface area contributed by atoms with Crippen molar-refractivity contribution in [3.63, 3.8) is 0 Å². The van der Waals surface area contributed by atoms with Crippen LogP contribution in [0.15, 0.2) is 28.9 Å². The predicted octanol–water partition coefficient (Wildman–Crippen LogP) is 0.765. The Balaban J connectivity index is 1.95. The smallest absolute Gasteiger partial charge is 0.340 e. The molecule has 0 fully saturated rings. The van der Waals surface area contributed by atoms with Crippen LogP contribution in [0.5, 0.6) is 0 Å². The number of aryl methyl sites for hydroxylation is 1. The first-order valence-electron chi connectivity index (χ1n) is 7.76. The Bertz CT molecular complexity index is 762. The van der Waals surface area contributed by atoms with Crippen LogP contribution in [-0.4, -0.2) is 42.6 Å². The molecule has 8 heteroatoms. The van der Waals surface area contributed by atoms with E-state index in [9.17, 15) is 14.4 Å². The van der Waals surface area contributed by atoms with Crippen LogP contribution >= 0.6 is 0 Å². The lowest BCUT2D eigenvalue weighted by atomic mass is 10.2. The number of carbonyl (C=O) groups is 3. The summed E-state index contributed by atoms with van der Waals surface area (Å²) in [7, 11) is 1.47. The minimum atomic E-state index is -0.589. The normalized spacial score (nSPS) is 10.4. The molecule has 2 amide bonds. The van der Waals surface area contributed by atoms with Gasteiger partial charge in [0, 0.05) is 18.4 Å². The van der Waals surface area contributed by atoms with Crippen molar-refractivity contribution >= 4 is 17.8 Å². The number of hydrogen-bond donors (Lipinski definition) is 2. The molecule has 2 N–H and O–H groups in total. The van der Waals surface area contributed by atoms with Gasteiger partial charge in [0.15, 0.2) is 6.61 Å². The van der Waals surface area contributed by atoms with Gasteiger partial charge in [0.2, 0.25) is 5.91 Å². The second kappa shape index (κ2) is 8.18. The number of rotatable bonds is 7. The Morgan fingerprint density at radius 2 is 2.00 bits per heavy atom. The topological polar surface area (TPSA) is 103 Å². The van der Waals surface area contributed by atoms with Crippen LogP contribution in [0.1, 0.15) is 27.5 Å². The van der Waals surface area contributed by atoms with Crippen LogP contribution in [0.4, 0.5) is 0 Å². The number of hydrogen-bond acceptors (Lipinski definition) is 5.